The van der Waals surface area contributed by atoms with Gasteiger partial charge >= 0.3 is 0 Å². The van der Waals surface area contributed by atoms with E-state index in [2.05, 4.69) is 47.6 Å². The van der Waals surface area contributed by atoms with Gasteiger partial charge in [-0.1, -0.05) is 41.5 Å². The molecular formula is C13H22O. The van der Waals surface area contributed by atoms with Crippen LogP contribution in [0.4, 0.5) is 0 Å². The van der Waals surface area contributed by atoms with Crippen LogP contribution in [0.1, 0.15) is 64.7 Å². The van der Waals surface area contributed by atoms with Crippen LogP contribution in [-0.2, 0) is 0 Å². The topological polar surface area (TPSA) is 13.1 Å². The van der Waals surface area contributed by atoms with E-state index < -0.39 is 0 Å². The molecular weight excluding hydrogens is 172 g/mol. The van der Waals surface area contributed by atoms with E-state index in [1.165, 1.54) is 5.56 Å². The Morgan fingerprint density at radius 2 is 1.71 bits per heavy atom. The molecule has 1 rings (SSSR count). The third kappa shape index (κ3) is 2.40. The first-order valence-electron chi connectivity index (χ1n) is 5.40. The highest BCUT2D eigenvalue weighted by molar-refractivity contribution is 5.19. The maximum Gasteiger partial charge on any atom is 0.107 e. The molecule has 1 nitrogen and oxygen atoms in total. The second-order valence-electron chi connectivity index (χ2n) is 5.52. The van der Waals surface area contributed by atoms with Crippen LogP contribution in [0.25, 0.3) is 0 Å². The van der Waals surface area contributed by atoms with E-state index in [0.29, 0.717) is 11.8 Å². The van der Waals surface area contributed by atoms with Crippen LogP contribution in [0, 0.1) is 5.41 Å². The van der Waals surface area contributed by atoms with Gasteiger partial charge in [0.15, 0.2) is 0 Å². The molecule has 1 aromatic heterocycles. The quantitative estimate of drug-likeness (QED) is 0.673. The third-order valence-electron chi connectivity index (χ3n) is 3.03. The first-order valence-corrected chi connectivity index (χ1v) is 5.40. The highest BCUT2D eigenvalue weighted by Gasteiger charge is 2.24. The Bertz CT molecular complexity index is 288. The average molecular weight is 194 g/mol. The normalized spacial score (nSPS) is 14.8. The lowest BCUT2D eigenvalue weighted by Gasteiger charge is -2.25. The van der Waals surface area contributed by atoms with Crippen LogP contribution in [0.2, 0.25) is 0 Å². The van der Waals surface area contributed by atoms with Crippen LogP contribution in [-0.4, -0.2) is 0 Å². The summed E-state index contributed by atoms with van der Waals surface area (Å²) in [6.07, 6.45) is 1.89. The largest absolute Gasteiger partial charge is 0.469 e. The average Bonchev–Trinajstić information content (AvgIpc) is 2.48. The Balaban J connectivity index is 2.87. The third-order valence-corrected chi connectivity index (χ3v) is 3.03. The Morgan fingerprint density at radius 1 is 1.14 bits per heavy atom. The van der Waals surface area contributed by atoms with Crippen LogP contribution < -0.4 is 0 Å². The lowest BCUT2D eigenvalue weighted by Crippen LogP contribution is -2.14. The monoisotopic (exact) mass is 194 g/mol. The van der Waals surface area contributed by atoms with Gasteiger partial charge in [0.05, 0.1) is 6.26 Å². The summed E-state index contributed by atoms with van der Waals surface area (Å²) < 4.78 is 5.61. The molecule has 0 saturated carbocycles. The Hall–Kier alpha value is -0.720. The lowest BCUT2D eigenvalue weighted by atomic mass is 9.80. The molecule has 0 bridgehead atoms. The molecule has 0 saturated heterocycles. The van der Waals surface area contributed by atoms with Gasteiger partial charge < -0.3 is 4.42 Å². The molecule has 0 N–H and O–H groups in total. The molecule has 0 aliphatic carbocycles. The van der Waals surface area contributed by atoms with Gasteiger partial charge in [0.25, 0.3) is 0 Å². The number of rotatable bonds is 2. The molecule has 1 heterocycles. The van der Waals surface area contributed by atoms with Crippen molar-refractivity contribution in [3.63, 3.8) is 0 Å². The summed E-state index contributed by atoms with van der Waals surface area (Å²) in [5, 5.41) is 0. The molecule has 0 aliphatic heterocycles. The zero-order valence-electron chi connectivity index (χ0n) is 10.2. The Kier molecular flexibility index (Phi) is 3.08. The van der Waals surface area contributed by atoms with Crippen molar-refractivity contribution in [2.45, 2.75) is 53.4 Å². The van der Waals surface area contributed by atoms with Gasteiger partial charge in [-0.3, -0.25) is 0 Å². The molecule has 14 heavy (non-hydrogen) atoms. The van der Waals surface area contributed by atoms with Crippen LogP contribution in [0.15, 0.2) is 16.7 Å². The van der Waals surface area contributed by atoms with E-state index >= 15 is 0 Å². The minimum absolute atomic E-state index is 0.270. The fraction of sp³-hybridized carbons (Fsp3) is 0.692. The van der Waals surface area contributed by atoms with Crippen molar-refractivity contribution in [3.8, 4) is 0 Å². The van der Waals surface area contributed by atoms with Gasteiger partial charge in [-0.15, -0.1) is 0 Å². The van der Waals surface area contributed by atoms with E-state index in [9.17, 15) is 0 Å². The predicted molar refractivity (Wildman–Crippen MR) is 60.7 cm³/mol. The molecule has 0 spiro atoms. The minimum atomic E-state index is 0.270. The SMILES string of the molecule is CC(C)c1coc([C@H](C)C(C)(C)C)c1. The standard InChI is InChI=1S/C13H22O/c1-9(2)11-7-12(14-8-11)10(3)13(4,5)6/h7-10H,1-6H3/t10-/m0/s1. The molecule has 0 aromatic carbocycles. The first kappa shape index (κ1) is 11.4. The maximum atomic E-state index is 5.61. The van der Waals surface area contributed by atoms with E-state index in [4.69, 9.17) is 4.42 Å². The number of furan rings is 1. The zero-order valence-corrected chi connectivity index (χ0v) is 10.2. The van der Waals surface area contributed by atoms with Crippen molar-refractivity contribution < 1.29 is 4.42 Å². The second-order valence-corrected chi connectivity index (χ2v) is 5.52. The van der Waals surface area contributed by atoms with E-state index in [-0.39, 0.29) is 5.41 Å². The van der Waals surface area contributed by atoms with E-state index in [1.807, 2.05) is 6.26 Å². The molecule has 0 unspecified atom stereocenters. The fourth-order valence-electron chi connectivity index (χ4n) is 1.32. The molecule has 0 radical (unpaired) electrons. The van der Waals surface area contributed by atoms with Gasteiger partial charge in [0, 0.05) is 5.92 Å². The zero-order chi connectivity index (χ0) is 10.9. The van der Waals surface area contributed by atoms with Gasteiger partial charge in [-0.25, -0.2) is 0 Å². The summed E-state index contributed by atoms with van der Waals surface area (Å²) in [5.74, 6) is 2.14. The van der Waals surface area contributed by atoms with Crippen LogP contribution in [0.5, 0.6) is 0 Å². The summed E-state index contributed by atoms with van der Waals surface area (Å²) in [5.41, 5.74) is 1.57. The van der Waals surface area contributed by atoms with Crippen molar-refractivity contribution >= 4 is 0 Å². The molecule has 80 valence electrons. The molecule has 1 aromatic rings. The lowest BCUT2D eigenvalue weighted by molar-refractivity contribution is 0.296. The summed E-state index contributed by atoms with van der Waals surface area (Å²) >= 11 is 0. The van der Waals surface area contributed by atoms with Gasteiger partial charge in [0.2, 0.25) is 0 Å². The Labute approximate surface area is 87.5 Å². The molecule has 0 aliphatic rings. The fourth-order valence-corrected chi connectivity index (χ4v) is 1.32. The summed E-state index contributed by atoms with van der Waals surface area (Å²) in [7, 11) is 0. The molecule has 0 fully saturated rings. The van der Waals surface area contributed by atoms with Crippen LogP contribution >= 0.6 is 0 Å². The number of hydrogen-bond acceptors (Lipinski definition) is 1. The highest BCUT2D eigenvalue weighted by atomic mass is 16.3. The number of hydrogen-bond donors (Lipinski definition) is 0. The molecule has 1 atom stereocenters. The van der Waals surface area contributed by atoms with Crippen molar-refractivity contribution in [3.05, 3.63) is 23.7 Å². The van der Waals surface area contributed by atoms with E-state index in [1.54, 1.807) is 0 Å². The highest BCUT2D eigenvalue weighted by Crippen LogP contribution is 2.36. The Morgan fingerprint density at radius 3 is 2.07 bits per heavy atom. The van der Waals surface area contributed by atoms with Crippen molar-refractivity contribution in [1.29, 1.82) is 0 Å². The summed E-state index contributed by atoms with van der Waals surface area (Å²) in [4.78, 5) is 0. The van der Waals surface area contributed by atoms with E-state index in [0.717, 1.165) is 5.76 Å². The van der Waals surface area contributed by atoms with Gasteiger partial charge in [-0.05, 0) is 23.0 Å². The smallest absolute Gasteiger partial charge is 0.107 e. The predicted octanol–water partition coefficient (Wildman–Crippen LogP) is 4.55. The molecule has 0 amide bonds. The van der Waals surface area contributed by atoms with Gasteiger partial charge in [0.1, 0.15) is 5.76 Å². The second kappa shape index (κ2) is 3.80. The summed E-state index contributed by atoms with van der Waals surface area (Å²) in [6, 6.07) is 2.20. The van der Waals surface area contributed by atoms with Crippen molar-refractivity contribution in [1.82, 2.24) is 0 Å². The van der Waals surface area contributed by atoms with Crippen LogP contribution in [0.3, 0.4) is 0 Å². The summed E-state index contributed by atoms with van der Waals surface area (Å²) in [6.45, 7) is 13.3. The first-order chi connectivity index (χ1) is 6.32. The van der Waals surface area contributed by atoms with Crippen molar-refractivity contribution in [2.24, 2.45) is 5.41 Å². The minimum Gasteiger partial charge on any atom is -0.469 e. The van der Waals surface area contributed by atoms with Gasteiger partial charge in [-0.2, -0.15) is 0 Å². The maximum absolute atomic E-state index is 5.61. The molecule has 1 heteroatoms. The van der Waals surface area contributed by atoms with Crippen molar-refractivity contribution in [2.75, 3.05) is 0 Å².